The van der Waals surface area contributed by atoms with Gasteiger partial charge in [0.05, 0.1) is 23.3 Å². The first-order valence-corrected chi connectivity index (χ1v) is 9.76. The molecule has 0 radical (unpaired) electrons. The molecule has 150 valence electrons. The summed E-state index contributed by atoms with van der Waals surface area (Å²) in [4.78, 5) is 23.3. The van der Waals surface area contributed by atoms with Crippen LogP contribution in [-0.2, 0) is 19.6 Å². The van der Waals surface area contributed by atoms with E-state index in [1.165, 1.54) is 39.3 Å². The van der Waals surface area contributed by atoms with Gasteiger partial charge in [-0.3, -0.25) is 9.10 Å². The molecule has 0 spiro atoms. The van der Waals surface area contributed by atoms with E-state index in [1.54, 1.807) is 31.2 Å². The van der Waals surface area contributed by atoms with Gasteiger partial charge in [0.25, 0.3) is 15.9 Å². The number of anilines is 1. The Labute approximate surface area is 163 Å². The molecule has 0 fully saturated rings. The van der Waals surface area contributed by atoms with Gasteiger partial charge in [0.15, 0.2) is 6.10 Å². The molecule has 0 unspecified atom stereocenters. The summed E-state index contributed by atoms with van der Waals surface area (Å²) in [5, 5.41) is 0. The number of methoxy groups -OCH3 is 1. The highest BCUT2D eigenvalue weighted by Crippen LogP contribution is 2.31. The lowest BCUT2D eigenvalue weighted by molar-refractivity contribution is -0.125. The standard InChI is InChI=1S/C19H22N2O6S/c1-12-9-10-14(11-15(12)19(23)27-13(2)18(20)22)28(24,25)21(3)16-7-5-6-8-17(16)26-4/h5-11,13H,1-4H3,(H2,20,22)/t13-/m1/s1. The van der Waals surface area contributed by atoms with Gasteiger partial charge in [0.1, 0.15) is 5.75 Å². The molecule has 1 amide bonds. The highest BCUT2D eigenvalue weighted by Gasteiger charge is 2.26. The van der Waals surface area contributed by atoms with Gasteiger partial charge in [-0.2, -0.15) is 0 Å². The average Bonchev–Trinajstić information content (AvgIpc) is 2.67. The summed E-state index contributed by atoms with van der Waals surface area (Å²) in [6, 6.07) is 10.8. The predicted molar refractivity (Wildman–Crippen MR) is 104 cm³/mol. The van der Waals surface area contributed by atoms with Gasteiger partial charge in [0.2, 0.25) is 0 Å². The van der Waals surface area contributed by atoms with Gasteiger partial charge in [-0.05, 0) is 43.7 Å². The molecule has 0 saturated carbocycles. The first-order valence-electron chi connectivity index (χ1n) is 8.32. The molecule has 0 aromatic heterocycles. The van der Waals surface area contributed by atoms with Crippen molar-refractivity contribution in [3.8, 4) is 5.75 Å². The normalized spacial score (nSPS) is 12.1. The summed E-state index contributed by atoms with van der Waals surface area (Å²) in [6.45, 7) is 2.97. The number of hydrogen-bond acceptors (Lipinski definition) is 6. The third kappa shape index (κ3) is 4.25. The maximum atomic E-state index is 13.1. The van der Waals surface area contributed by atoms with Gasteiger partial charge in [-0.1, -0.05) is 18.2 Å². The number of para-hydroxylation sites is 2. The number of nitrogens with zero attached hydrogens (tertiary/aromatic N) is 1. The van der Waals surface area contributed by atoms with Gasteiger partial charge in [-0.25, -0.2) is 13.2 Å². The van der Waals surface area contributed by atoms with Crippen LogP contribution in [0.5, 0.6) is 5.75 Å². The number of ether oxygens (including phenoxy) is 2. The molecule has 0 heterocycles. The number of carbonyl (C=O) groups excluding carboxylic acids is 2. The summed E-state index contributed by atoms with van der Waals surface area (Å²) in [5.41, 5.74) is 5.98. The Hall–Kier alpha value is -3.07. The van der Waals surface area contributed by atoms with E-state index in [9.17, 15) is 18.0 Å². The van der Waals surface area contributed by atoms with E-state index >= 15 is 0 Å². The predicted octanol–water partition coefficient (Wildman–Crippen LogP) is 1.86. The molecule has 9 heteroatoms. The van der Waals surface area contributed by atoms with Crippen molar-refractivity contribution in [1.29, 1.82) is 0 Å². The fourth-order valence-corrected chi connectivity index (χ4v) is 3.67. The van der Waals surface area contributed by atoms with Crippen LogP contribution in [0.15, 0.2) is 47.4 Å². The van der Waals surface area contributed by atoms with Crippen molar-refractivity contribution >= 4 is 27.6 Å². The van der Waals surface area contributed by atoms with Gasteiger partial charge < -0.3 is 15.2 Å². The van der Waals surface area contributed by atoms with Crippen molar-refractivity contribution in [1.82, 2.24) is 0 Å². The van der Waals surface area contributed by atoms with Crippen LogP contribution in [0.3, 0.4) is 0 Å². The quantitative estimate of drug-likeness (QED) is 0.702. The molecule has 0 aliphatic carbocycles. The smallest absolute Gasteiger partial charge is 0.339 e. The molecular formula is C19H22N2O6S. The van der Waals surface area contributed by atoms with Gasteiger partial charge >= 0.3 is 5.97 Å². The fourth-order valence-electron chi connectivity index (χ4n) is 2.44. The Morgan fingerprint density at radius 1 is 1.14 bits per heavy atom. The second kappa shape index (κ2) is 8.30. The fraction of sp³-hybridized carbons (Fsp3) is 0.263. The molecule has 2 aromatic rings. The number of esters is 1. The number of primary amides is 1. The van der Waals surface area contributed by atoms with E-state index in [-0.39, 0.29) is 10.5 Å². The largest absolute Gasteiger partial charge is 0.495 e. The minimum Gasteiger partial charge on any atom is -0.495 e. The first kappa shape index (κ1) is 21.2. The van der Waals surface area contributed by atoms with E-state index in [1.807, 2.05) is 0 Å². The third-order valence-corrected chi connectivity index (χ3v) is 5.96. The zero-order valence-corrected chi connectivity index (χ0v) is 16.8. The third-order valence-electron chi connectivity index (χ3n) is 4.20. The lowest BCUT2D eigenvalue weighted by Gasteiger charge is -2.22. The summed E-state index contributed by atoms with van der Waals surface area (Å²) in [6.07, 6.45) is -1.14. The van der Waals surface area contributed by atoms with Crippen LogP contribution in [0.4, 0.5) is 5.69 Å². The van der Waals surface area contributed by atoms with Crippen LogP contribution in [-0.4, -0.2) is 40.6 Å². The number of aryl methyl sites for hydroxylation is 1. The molecule has 0 aliphatic heterocycles. The van der Waals surface area contributed by atoms with Crippen molar-refractivity contribution in [2.75, 3.05) is 18.5 Å². The van der Waals surface area contributed by atoms with Crippen LogP contribution in [0.2, 0.25) is 0 Å². The Kier molecular flexibility index (Phi) is 6.30. The van der Waals surface area contributed by atoms with Crippen molar-refractivity contribution in [2.24, 2.45) is 5.73 Å². The number of amides is 1. The van der Waals surface area contributed by atoms with E-state index in [2.05, 4.69) is 0 Å². The van der Waals surface area contributed by atoms with Crippen LogP contribution >= 0.6 is 0 Å². The van der Waals surface area contributed by atoms with Crippen LogP contribution in [0.1, 0.15) is 22.8 Å². The highest BCUT2D eigenvalue weighted by molar-refractivity contribution is 7.92. The molecule has 0 aliphatic rings. The number of rotatable bonds is 7. The van der Waals surface area contributed by atoms with E-state index in [4.69, 9.17) is 15.2 Å². The molecule has 0 bridgehead atoms. The summed E-state index contributed by atoms with van der Waals surface area (Å²) in [5.74, 6) is -1.25. The number of benzene rings is 2. The SMILES string of the molecule is COc1ccccc1N(C)S(=O)(=O)c1ccc(C)c(C(=O)O[C@H](C)C(N)=O)c1. The molecule has 2 rings (SSSR count). The van der Waals surface area contributed by atoms with Crippen LogP contribution < -0.4 is 14.8 Å². The monoisotopic (exact) mass is 406 g/mol. The van der Waals surface area contributed by atoms with Crippen molar-refractivity contribution in [3.05, 3.63) is 53.6 Å². The zero-order chi connectivity index (χ0) is 21.1. The Bertz CT molecular complexity index is 1000. The number of carbonyl (C=O) groups is 2. The second-order valence-corrected chi connectivity index (χ2v) is 8.04. The summed E-state index contributed by atoms with van der Waals surface area (Å²) < 4.78 is 37.4. The van der Waals surface area contributed by atoms with Crippen LogP contribution in [0.25, 0.3) is 0 Å². The van der Waals surface area contributed by atoms with Crippen molar-refractivity contribution < 1.29 is 27.5 Å². The minimum atomic E-state index is -3.99. The highest BCUT2D eigenvalue weighted by atomic mass is 32.2. The van der Waals surface area contributed by atoms with Crippen LogP contribution in [0, 0.1) is 6.92 Å². The summed E-state index contributed by atoms with van der Waals surface area (Å²) in [7, 11) is -1.16. The average molecular weight is 406 g/mol. The molecule has 28 heavy (non-hydrogen) atoms. The molecule has 2 N–H and O–H groups in total. The Morgan fingerprint density at radius 2 is 1.79 bits per heavy atom. The molecule has 8 nitrogen and oxygen atoms in total. The number of nitrogens with two attached hydrogens (primary N) is 1. The zero-order valence-electron chi connectivity index (χ0n) is 16.0. The number of hydrogen-bond donors (Lipinski definition) is 1. The molecule has 1 atom stereocenters. The first-order chi connectivity index (χ1) is 13.1. The minimum absolute atomic E-state index is 0.0302. The van der Waals surface area contributed by atoms with E-state index in [0.29, 0.717) is 17.0 Å². The van der Waals surface area contributed by atoms with Gasteiger partial charge in [-0.15, -0.1) is 0 Å². The molecule has 2 aromatic carbocycles. The van der Waals surface area contributed by atoms with Crippen molar-refractivity contribution in [2.45, 2.75) is 24.8 Å². The van der Waals surface area contributed by atoms with Crippen molar-refractivity contribution in [3.63, 3.8) is 0 Å². The lowest BCUT2D eigenvalue weighted by Crippen LogP contribution is -2.31. The topological polar surface area (TPSA) is 116 Å². The Balaban J connectivity index is 2.44. The van der Waals surface area contributed by atoms with Gasteiger partial charge in [0, 0.05) is 7.05 Å². The van der Waals surface area contributed by atoms with E-state index in [0.717, 1.165) is 4.31 Å². The maximum absolute atomic E-state index is 13.1. The molecule has 0 saturated heterocycles. The lowest BCUT2D eigenvalue weighted by atomic mass is 10.1. The molecular weight excluding hydrogens is 384 g/mol. The second-order valence-electron chi connectivity index (χ2n) is 6.07. The maximum Gasteiger partial charge on any atom is 0.339 e. The van der Waals surface area contributed by atoms with E-state index < -0.39 is 28.0 Å². The number of sulfonamides is 1. The summed E-state index contributed by atoms with van der Waals surface area (Å²) >= 11 is 0. The Morgan fingerprint density at radius 3 is 2.39 bits per heavy atom.